The van der Waals surface area contributed by atoms with Gasteiger partial charge in [-0.15, -0.1) is 0 Å². The van der Waals surface area contributed by atoms with Crippen LogP contribution in [0.2, 0.25) is 0 Å². The van der Waals surface area contributed by atoms with Crippen molar-refractivity contribution in [2.45, 2.75) is 18.6 Å². The highest BCUT2D eigenvalue weighted by Gasteiger charge is 2.36. The van der Waals surface area contributed by atoms with E-state index in [9.17, 15) is 31.5 Å². The summed E-state index contributed by atoms with van der Waals surface area (Å²) in [7, 11) is 0. The first-order chi connectivity index (χ1) is 14.6. The molecule has 1 aromatic heterocycles. The second-order valence-electron chi connectivity index (χ2n) is 6.23. The van der Waals surface area contributed by atoms with Crippen LogP contribution in [0.3, 0.4) is 0 Å². The zero-order valence-corrected chi connectivity index (χ0v) is 15.3. The third kappa shape index (κ3) is 4.85. The second-order valence-corrected chi connectivity index (χ2v) is 6.23. The van der Waals surface area contributed by atoms with Crippen LogP contribution in [0, 0.1) is 11.6 Å². The highest BCUT2D eigenvalue weighted by Crippen LogP contribution is 2.35. The Morgan fingerprint density at radius 3 is 2.48 bits per heavy atom. The van der Waals surface area contributed by atoms with Crippen molar-refractivity contribution >= 4 is 11.9 Å². The number of hydrogen-bond donors (Lipinski definition) is 2. The zero-order valence-electron chi connectivity index (χ0n) is 15.3. The first kappa shape index (κ1) is 21.9. The Kier molecular flexibility index (Phi) is 5.99. The lowest BCUT2D eigenvalue weighted by molar-refractivity contribution is -0.140. The molecule has 0 saturated heterocycles. The molecule has 3 aromatic rings. The van der Waals surface area contributed by atoms with Gasteiger partial charge in [0.15, 0.2) is 11.6 Å². The minimum Gasteiger partial charge on any atom is -0.481 e. The maximum absolute atomic E-state index is 13.9. The van der Waals surface area contributed by atoms with Crippen LogP contribution in [0.25, 0.3) is 11.5 Å². The SMILES string of the molecule is O=C(O)C[C@H](NC(=O)c1noc(-c2cccc(F)c2F)n1)c1ccccc1C(F)(F)F. The van der Waals surface area contributed by atoms with E-state index in [0.29, 0.717) is 0 Å². The molecule has 3 rings (SSSR count). The minimum atomic E-state index is -4.80. The average Bonchev–Trinajstić information content (AvgIpc) is 3.18. The minimum absolute atomic E-state index is 0.434. The van der Waals surface area contributed by atoms with Gasteiger partial charge in [0, 0.05) is 0 Å². The van der Waals surface area contributed by atoms with E-state index in [4.69, 9.17) is 9.63 Å². The standard InChI is InChI=1S/C19H12F5N3O4/c20-12-7-3-5-10(15(12)21)18-26-16(27-31-18)17(30)25-13(8-14(28)29)9-4-1-2-6-11(9)19(22,23)24/h1-7,13H,8H2,(H,25,30)(H,28,29)/t13-/m0/s1. The van der Waals surface area contributed by atoms with Gasteiger partial charge in [0.25, 0.3) is 17.6 Å². The van der Waals surface area contributed by atoms with Gasteiger partial charge in [-0.25, -0.2) is 8.78 Å². The van der Waals surface area contributed by atoms with Crippen LogP contribution in [-0.4, -0.2) is 27.1 Å². The first-order valence-corrected chi connectivity index (χ1v) is 8.54. The van der Waals surface area contributed by atoms with Crippen LogP contribution >= 0.6 is 0 Å². The molecule has 1 amide bonds. The van der Waals surface area contributed by atoms with Gasteiger partial charge in [-0.05, 0) is 23.8 Å². The smallest absolute Gasteiger partial charge is 0.416 e. The number of carboxylic acid groups (broad SMARTS) is 1. The Morgan fingerprint density at radius 2 is 1.81 bits per heavy atom. The van der Waals surface area contributed by atoms with Gasteiger partial charge in [0.05, 0.1) is 23.6 Å². The molecule has 12 heteroatoms. The molecule has 1 heterocycles. The molecule has 162 valence electrons. The number of hydrogen-bond acceptors (Lipinski definition) is 5. The summed E-state index contributed by atoms with van der Waals surface area (Å²) in [4.78, 5) is 27.2. The van der Waals surface area contributed by atoms with E-state index in [0.717, 1.165) is 36.4 Å². The van der Waals surface area contributed by atoms with Crippen molar-refractivity contribution < 1.29 is 41.2 Å². The van der Waals surface area contributed by atoms with Gasteiger partial charge in [0.2, 0.25) is 0 Å². The molecule has 0 unspecified atom stereocenters. The lowest BCUT2D eigenvalue weighted by Crippen LogP contribution is -2.32. The van der Waals surface area contributed by atoms with E-state index in [1.165, 1.54) is 6.07 Å². The van der Waals surface area contributed by atoms with Crippen molar-refractivity contribution in [2.75, 3.05) is 0 Å². The third-order valence-electron chi connectivity index (χ3n) is 4.14. The first-order valence-electron chi connectivity index (χ1n) is 8.54. The number of nitrogens with one attached hydrogen (secondary N) is 1. The van der Waals surface area contributed by atoms with E-state index in [1.807, 2.05) is 0 Å². The summed E-state index contributed by atoms with van der Waals surface area (Å²) in [6.45, 7) is 0. The lowest BCUT2D eigenvalue weighted by Gasteiger charge is -2.21. The molecule has 2 aromatic carbocycles. The van der Waals surface area contributed by atoms with Gasteiger partial charge in [0.1, 0.15) is 0 Å². The number of benzene rings is 2. The molecule has 0 bridgehead atoms. The number of carboxylic acids is 1. The van der Waals surface area contributed by atoms with Crippen LogP contribution in [0.15, 0.2) is 47.0 Å². The molecular formula is C19H12F5N3O4. The Hall–Kier alpha value is -3.83. The summed E-state index contributed by atoms with van der Waals surface area (Å²) < 4.78 is 71.8. The summed E-state index contributed by atoms with van der Waals surface area (Å²) in [6.07, 6.45) is -5.67. The van der Waals surface area contributed by atoms with Gasteiger partial charge in [-0.2, -0.15) is 18.2 Å². The largest absolute Gasteiger partial charge is 0.481 e. The fraction of sp³-hybridized carbons (Fsp3) is 0.158. The van der Waals surface area contributed by atoms with Gasteiger partial charge < -0.3 is 14.9 Å². The van der Waals surface area contributed by atoms with Gasteiger partial charge in [-0.3, -0.25) is 9.59 Å². The van der Waals surface area contributed by atoms with Gasteiger partial charge >= 0.3 is 12.1 Å². The maximum atomic E-state index is 13.9. The van der Waals surface area contributed by atoms with Crippen LogP contribution in [0.1, 0.15) is 34.2 Å². The Labute approximate surface area is 170 Å². The summed E-state index contributed by atoms with van der Waals surface area (Å²) in [5.41, 5.74) is -2.04. The summed E-state index contributed by atoms with van der Waals surface area (Å²) in [5, 5.41) is 14.5. The molecular weight excluding hydrogens is 429 g/mol. The number of carbonyl (C=O) groups excluding carboxylic acids is 1. The van der Waals surface area contributed by atoms with Gasteiger partial charge in [-0.1, -0.05) is 29.4 Å². The molecule has 31 heavy (non-hydrogen) atoms. The zero-order chi connectivity index (χ0) is 22.8. The second kappa shape index (κ2) is 8.50. The molecule has 0 aliphatic heterocycles. The molecule has 0 spiro atoms. The molecule has 0 saturated carbocycles. The van der Waals surface area contributed by atoms with E-state index in [2.05, 4.69) is 15.5 Å². The Morgan fingerprint density at radius 1 is 1.10 bits per heavy atom. The quantitative estimate of drug-likeness (QED) is 0.561. The van der Waals surface area contributed by atoms with Crippen molar-refractivity contribution in [1.29, 1.82) is 0 Å². The van der Waals surface area contributed by atoms with E-state index >= 15 is 0 Å². The van der Waals surface area contributed by atoms with E-state index < -0.39 is 70.6 Å². The molecule has 2 N–H and O–H groups in total. The highest BCUT2D eigenvalue weighted by atomic mass is 19.4. The lowest BCUT2D eigenvalue weighted by atomic mass is 9.97. The van der Waals surface area contributed by atoms with Crippen molar-refractivity contribution in [3.63, 3.8) is 0 Å². The number of halogens is 5. The summed E-state index contributed by atoms with van der Waals surface area (Å²) in [5.74, 6) is -6.41. The van der Waals surface area contributed by atoms with Crippen LogP contribution in [-0.2, 0) is 11.0 Å². The third-order valence-corrected chi connectivity index (χ3v) is 4.14. The van der Waals surface area contributed by atoms with E-state index in [-0.39, 0.29) is 0 Å². The fourth-order valence-electron chi connectivity index (χ4n) is 2.79. The Balaban J connectivity index is 1.91. The number of alkyl halides is 3. The van der Waals surface area contributed by atoms with Crippen molar-refractivity contribution in [3.05, 3.63) is 71.1 Å². The number of amides is 1. The average molecular weight is 441 g/mol. The summed E-state index contributed by atoms with van der Waals surface area (Å²) in [6, 6.07) is 5.67. The fourth-order valence-corrected chi connectivity index (χ4v) is 2.79. The maximum Gasteiger partial charge on any atom is 0.416 e. The topological polar surface area (TPSA) is 105 Å². The number of rotatable bonds is 6. The molecule has 0 aliphatic carbocycles. The number of aliphatic carboxylic acids is 1. The molecule has 7 nitrogen and oxygen atoms in total. The van der Waals surface area contributed by atoms with Crippen LogP contribution < -0.4 is 5.32 Å². The molecule has 1 atom stereocenters. The van der Waals surface area contributed by atoms with Crippen LogP contribution in [0.4, 0.5) is 22.0 Å². The van der Waals surface area contributed by atoms with Crippen LogP contribution in [0.5, 0.6) is 0 Å². The Bertz CT molecular complexity index is 1130. The molecule has 0 fully saturated rings. The number of nitrogens with zero attached hydrogens (tertiary/aromatic N) is 2. The predicted molar refractivity (Wildman–Crippen MR) is 93.6 cm³/mol. The highest BCUT2D eigenvalue weighted by molar-refractivity contribution is 5.91. The van der Waals surface area contributed by atoms with Crippen molar-refractivity contribution in [1.82, 2.24) is 15.5 Å². The van der Waals surface area contributed by atoms with E-state index in [1.54, 1.807) is 0 Å². The number of aromatic nitrogens is 2. The molecule has 0 radical (unpaired) electrons. The van der Waals surface area contributed by atoms with Crippen molar-refractivity contribution in [3.8, 4) is 11.5 Å². The summed E-state index contributed by atoms with van der Waals surface area (Å²) >= 11 is 0. The number of carbonyl (C=O) groups is 2. The predicted octanol–water partition coefficient (Wildman–Crippen LogP) is 3.98. The molecule has 0 aliphatic rings. The van der Waals surface area contributed by atoms with Crippen molar-refractivity contribution in [2.24, 2.45) is 0 Å². The monoisotopic (exact) mass is 441 g/mol. The normalized spacial score (nSPS) is 12.4.